The molecule has 1 aromatic heterocycles. The highest BCUT2D eigenvalue weighted by molar-refractivity contribution is 5.94. The normalized spacial score (nSPS) is 16.2. The smallest absolute Gasteiger partial charge is 0.338 e. The number of aromatic nitrogens is 1. The first-order chi connectivity index (χ1) is 9.72. The highest BCUT2D eigenvalue weighted by Gasteiger charge is 2.19. The van der Waals surface area contributed by atoms with Crippen molar-refractivity contribution >= 4 is 16.9 Å². The molecule has 1 saturated heterocycles. The SMILES string of the molecule is Cc1ccc2cc(C(=O)OC3CCOCC3)ccc2n1. The monoisotopic (exact) mass is 271 g/mol. The van der Waals surface area contributed by atoms with Gasteiger partial charge in [-0.15, -0.1) is 0 Å². The van der Waals surface area contributed by atoms with Crippen LogP contribution in [0.15, 0.2) is 30.3 Å². The molecule has 0 radical (unpaired) electrons. The fourth-order valence-electron chi connectivity index (χ4n) is 2.37. The van der Waals surface area contributed by atoms with E-state index in [0.29, 0.717) is 18.8 Å². The van der Waals surface area contributed by atoms with Crippen molar-refractivity contribution < 1.29 is 14.3 Å². The Kier molecular flexibility index (Phi) is 3.65. The number of ether oxygens (including phenoxy) is 2. The molecule has 0 atom stereocenters. The molecule has 1 aromatic carbocycles. The zero-order chi connectivity index (χ0) is 13.9. The van der Waals surface area contributed by atoms with E-state index in [-0.39, 0.29) is 12.1 Å². The van der Waals surface area contributed by atoms with Crippen LogP contribution in [0.3, 0.4) is 0 Å². The molecule has 3 rings (SSSR count). The number of aryl methyl sites for hydroxylation is 1. The molecule has 0 saturated carbocycles. The number of carbonyl (C=O) groups excluding carboxylic acids is 1. The van der Waals surface area contributed by atoms with Gasteiger partial charge in [0.05, 0.1) is 24.3 Å². The summed E-state index contributed by atoms with van der Waals surface area (Å²) in [5.41, 5.74) is 2.44. The molecule has 0 aliphatic carbocycles. The van der Waals surface area contributed by atoms with Gasteiger partial charge in [0.15, 0.2) is 0 Å². The van der Waals surface area contributed by atoms with Crippen molar-refractivity contribution in [1.29, 1.82) is 0 Å². The molecule has 0 amide bonds. The van der Waals surface area contributed by atoms with E-state index >= 15 is 0 Å². The largest absolute Gasteiger partial charge is 0.459 e. The second-order valence-corrected chi connectivity index (χ2v) is 5.08. The molecule has 2 aromatic rings. The van der Waals surface area contributed by atoms with Gasteiger partial charge >= 0.3 is 5.97 Å². The molecule has 2 heterocycles. The van der Waals surface area contributed by atoms with Crippen LogP contribution < -0.4 is 0 Å². The van der Waals surface area contributed by atoms with Crippen LogP contribution in [0.5, 0.6) is 0 Å². The maximum atomic E-state index is 12.1. The topological polar surface area (TPSA) is 48.4 Å². The number of fused-ring (bicyclic) bond motifs is 1. The minimum absolute atomic E-state index is 0.0249. The molecule has 0 bridgehead atoms. The maximum absolute atomic E-state index is 12.1. The second-order valence-electron chi connectivity index (χ2n) is 5.08. The lowest BCUT2D eigenvalue weighted by Gasteiger charge is -2.22. The van der Waals surface area contributed by atoms with Crippen LogP contribution in [0.4, 0.5) is 0 Å². The molecule has 1 fully saturated rings. The summed E-state index contributed by atoms with van der Waals surface area (Å²) in [4.78, 5) is 16.6. The zero-order valence-corrected chi connectivity index (χ0v) is 11.5. The summed E-state index contributed by atoms with van der Waals surface area (Å²) in [5.74, 6) is -0.264. The van der Waals surface area contributed by atoms with Gasteiger partial charge in [-0.25, -0.2) is 4.79 Å². The zero-order valence-electron chi connectivity index (χ0n) is 11.5. The summed E-state index contributed by atoms with van der Waals surface area (Å²) in [6.45, 7) is 3.28. The molecule has 0 N–H and O–H groups in total. The summed E-state index contributed by atoms with van der Waals surface area (Å²) in [6, 6.07) is 9.39. The van der Waals surface area contributed by atoms with Crippen LogP contribution in [0.2, 0.25) is 0 Å². The fraction of sp³-hybridized carbons (Fsp3) is 0.375. The highest BCUT2D eigenvalue weighted by atomic mass is 16.6. The third-order valence-corrected chi connectivity index (χ3v) is 3.51. The first kappa shape index (κ1) is 13.1. The van der Waals surface area contributed by atoms with Crippen LogP contribution in [-0.2, 0) is 9.47 Å². The Morgan fingerprint density at radius 2 is 2.05 bits per heavy atom. The van der Waals surface area contributed by atoms with E-state index in [0.717, 1.165) is 29.4 Å². The highest BCUT2D eigenvalue weighted by Crippen LogP contribution is 2.18. The minimum atomic E-state index is -0.264. The van der Waals surface area contributed by atoms with E-state index in [2.05, 4.69) is 4.98 Å². The molecule has 1 aliphatic rings. The summed E-state index contributed by atoms with van der Waals surface area (Å²) in [7, 11) is 0. The van der Waals surface area contributed by atoms with Crippen LogP contribution in [0.25, 0.3) is 10.9 Å². The van der Waals surface area contributed by atoms with E-state index in [1.54, 1.807) is 6.07 Å². The van der Waals surface area contributed by atoms with E-state index in [9.17, 15) is 4.79 Å². The first-order valence-electron chi connectivity index (χ1n) is 6.88. The van der Waals surface area contributed by atoms with Gasteiger partial charge in [0, 0.05) is 23.9 Å². The Balaban J connectivity index is 1.78. The van der Waals surface area contributed by atoms with Gasteiger partial charge in [0.25, 0.3) is 0 Å². The van der Waals surface area contributed by atoms with Gasteiger partial charge < -0.3 is 9.47 Å². The molecule has 20 heavy (non-hydrogen) atoms. The predicted octanol–water partition coefficient (Wildman–Crippen LogP) is 2.88. The third-order valence-electron chi connectivity index (χ3n) is 3.51. The number of carbonyl (C=O) groups is 1. The number of benzene rings is 1. The van der Waals surface area contributed by atoms with Crippen molar-refractivity contribution in [2.75, 3.05) is 13.2 Å². The summed E-state index contributed by atoms with van der Waals surface area (Å²) >= 11 is 0. The Labute approximate surface area is 117 Å². The Morgan fingerprint density at radius 3 is 2.85 bits per heavy atom. The molecular weight excluding hydrogens is 254 g/mol. The number of esters is 1. The van der Waals surface area contributed by atoms with E-state index in [1.807, 2.05) is 31.2 Å². The van der Waals surface area contributed by atoms with Crippen LogP contribution in [-0.4, -0.2) is 30.3 Å². The Bertz CT molecular complexity index is 633. The van der Waals surface area contributed by atoms with E-state index < -0.39 is 0 Å². The van der Waals surface area contributed by atoms with Gasteiger partial charge in [-0.05, 0) is 31.2 Å². The molecule has 1 aliphatic heterocycles. The van der Waals surface area contributed by atoms with E-state index in [4.69, 9.17) is 9.47 Å². The lowest BCUT2D eigenvalue weighted by Crippen LogP contribution is -2.26. The van der Waals surface area contributed by atoms with Gasteiger partial charge in [-0.1, -0.05) is 6.07 Å². The van der Waals surface area contributed by atoms with Crippen LogP contribution >= 0.6 is 0 Å². The van der Waals surface area contributed by atoms with Crippen molar-refractivity contribution in [2.24, 2.45) is 0 Å². The average Bonchev–Trinajstić information content (AvgIpc) is 2.47. The molecule has 4 heteroatoms. The van der Waals surface area contributed by atoms with Gasteiger partial charge in [0.1, 0.15) is 6.10 Å². The van der Waals surface area contributed by atoms with Gasteiger partial charge in [-0.3, -0.25) is 4.98 Å². The average molecular weight is 271 g/mol. The molecule has 104 valence electrons. The number of nitrogens with zero attached hydrogens (tertiary/aromatic N) is 1. The quantitative estimate of drug-likeness (QED) is 0.788. The summed E-state index contributed by atoms with van der Waals surface area (Å²) in [5, 5.41) is 0.956. The standard InChI is InChI=1S/C16H17NO3/c1-11-2-3-12-10-13(4-5-15(12)17-11)16(18)20-14-6-8-19-9-7-14/h2-5,10,14H,6-9H2,1H3. The Hall–Kier alpha value is -1.94. The number of hydrogen-bond donors (Lipinski definition) is 0. The number of hydrogen-bond acceptors (Lipinski definition) is 4. The van der Waals surface area contributed by atoms with Crippen LogP contribution in [0.1, 0.15) is 28.9 Å². The second kappa shape index (κ2) is 5.59. The molecular formula is C16H17NO3. The van der Waals surface area contributed by atoms with Gasteiger partial charge in [0.2, 0.25) is 0 Å². The van der Waals surface area contributed by atoms with Crippen molar-refractivity contribution in [3.8, 4) is 0 Å². The molecule has 0 unspecified atom stereocenters. The Morgan fingerprint density at radius 1 is 1.25 bits per heavy atom. The maximum Gasteiger partial charge on any atom is 0.338 e. The van der Waals surface area contributed by atoms with Crippen LogP contribution in [0, 0.1) is 6.92 Å². The first-order valence-corrected chi connectivity index (χ1v) is 6.88. The summed E-state index contributed by atoms with van der Waals surface area (Å²) in [6.07, 6.45) is 1.53. The third kappa shape index (κ3) is 2.80. The van der Waals surface area contributed by atoms with Crippen molar-refractivity contribution in [3.05, 3.63) is 41.6 Å². The predicted molar refractivity (Wildman–Crippen MR) is 75.7 cm³/mol. The fourth-order valence-corrected chi connectivity index (χ4v) is 2.37. The van der Waals surface area contributed by atoms with E-state index in [1.165, 1.54) is 0 Å². The molecule has 0 spiro atoms. The molecule has 4 nitrogen and oxygen atoms in total. The van der Waals surface area contributed by atoms with Crippen molar-refractivity contribution in [2.45, 2.75) is 25.9 Å². The number of rotatable bonds is 2. The van der Waals surface area contributed by atoms with Crippen molar-refractivity contribution in [3.63, 3.8) is 0 Å². The van der Waals surface area contributed by atoms with Crippen molar-refractivity contribution in [1.82, 2.24) is 4.98 Å². The lowest BCUT2D eigenvalue weighted by atomic mass is 10.1. The lowest BCUT2D eigenvalue weighted by molar-refractivity contribution is -0.0159. The minimum Gasteiger partial charge on any atom is -0.459 e. The summed E-state index contributed by atoms with van der Waals surface area (Å²) < 4.78 is 10.8. The van der Waals surface area contributed by atoms with Gasteiger partial charge in [-0.2, -0.15) is 0 Å². The number of pyridine rings is 1.